The molecule has 0 N–H and O–H groups in total. The molecular weight excluding hydrogens is 444 g/mol. The predicted molar refractivity (Wildman–Crippen MR) is 135 cm³/mol. The van der Waals surface area contributed by atoms with Gasteiger partial charge in [-0.05, 0) is 47.3 Å². The van der Waals surface area contributed by atoms with E-state index in [1.807, 2.05) is 58.8 Å². The van der Waals surface area contributed by atoms with E-state index in [2.05, 4.69) is 39.1 Å². The topological polar surface area (TPSA) is 58.6 Å². The monoisotopic (exact) mass is 470 g/mol. The highest BCUT2D eigenvalue weighted by atomic mass is 32.1. The van der Waals surface area contributed by atoms with Crippen LogP contribution in [0.25, 0.3) is 22.0 Å². The van der Waals surface area contributed by atoms with Crippen molar-refractivity contribution in [1.29, 1.82) is 0 Å². The molecule has 4 aromatic rings. The maximum Gasteiger partial charge on any atom is 0.260 e. The first-order valence-electron chi connectivity index (χ1n) is 11.4. The Labute approximate surface area is 203 Å². The molecule has 2 aromatic carbocycles. The van der Waals surface area contributed by atoms with Crippen LogP contribution in [0.15, 0.2) is 84.4 Å². The van der Waals surface area contributed by atoms with Crippen molar-refractivity contribution in [3.05, 3.63) is 89.9 Å². The van der Waals surface area contributed by atoms with Crippen molar-refractivity contribution in [2.75, 3.05) is 32.8 Å². The van der Waals surface area contributed by atoms with E-state index < -0.39 is 0 Å². The minimum absolute atomic E-state index is 0.0235. The van der Waals surface area contributed by atoms with Crippen LogP contribution in [0.1, 0.15) is 5.56 Å². The fourth-order valence-electron chi connectivity index (χ4n) is 3.99. The Hall–Kier alpha value is -3.55. The third-order valence-electron chi connectivity index (χ3n) is 5.88. The molecule has 2 aromatic heterocycles. The van der Waals surface area contributed by atoms with Crippen molar-refractivity contribution in [3.8, 4) is 27.7 Å². The summed E-state index contributed by atoms with van der Waals surface area (Å²) in [5.74, 6) is 1.35. The lowest BCUT2D eigenvalue weighted by atomic mass is 10.2. The molecule has 6 nitrogen and oxygen atoms in total. The highest BCUT2D eigenvalue weighted by Gasteiger charge is 2.21. The first-order valence-corrected chi connectivity index (χ1v) is 12.3. The Kier molecular flexibility index (Phi) is 6.93. The molecule has 1 aliphatic rings. The van der Waals surface area contributed by atoms with Crippen LogP contribution in [-0.4, -0.2) is 58.5 Å². The van der Waals surface area contributed by atoms with Gasteiger partial charge in [-0.1, -0.05) is 36.4 Å². The molecule has 0 atom stereocenters. The standard InChI is InChI=1S/C27H26N4O2S/c32-26(31-16-14-30(15-17-31)19-21-5-2-1-3-6-21)20-33-23-10-8-22(9-11-23)27-28-13-12-24(29-27)25-7-4-18-34-25/h1-13,18H,14-17,19-20H2. The van der Waals surface area contributed by atoms with Crippen molar-refractivity contribution in [2.45, 2.75) is 6.54 Å². The number of carbonyl (C=O) groups is 1. The average molecular weight is 471 g/mol. The maximum atomic E-state index is 12.6. The van der Waals surface area contributed by atoms with Crippen LogP contribution >= 0.6 is 11.3 Å². The van der Waals surface area contributed by atoms with E-state index in [4.69, 9.17) is 4.74 Å². The van der Waals surface area contributed by atoms with Gasteiger partial charge >= 0.3 is 0 Å². The van der Waals surface area contributed by atoms with Gasteiger partial charge in [0.1, 0.15) is 5.75 Å². The maximum absolute atomic E-state index is 12.6. The van der Waals surface area contributed by atoms with Gasteiger partial charge in [-0.2, -0.15) is 0 Å². The molecule has 34 heavy (non-hydrogen) atoms. The zero-order valence-electron chi connectivity index (χ0n) is 18.8. The van der Waals surface area contributed by atoms with Gasteiger partial charge in [0.15, 0.2) is 12.4 Å². The number of rotatable bonds is 7. The summed E-state index contributed by atoms with van der Waals surface area (Å²) >= 11 is 1.65. The van der Waals surface area contributed by atoms with Gasteiger partial charge in [0, 0.05) is 44.5 Å². The molecule has 0 unspecified atom stereocenters. The Bertz CT molecular complexity index is 1210. The molecule has 0 saturated carbocycles. The quantitative estimate of drug-likeness (QED) is 0.395. The Morgan fingerprint density at radius 2 is 1.71 bits per heavy atom. The van der Waals surface area contributed by atoms with Crippen LogP contribution in [0.2, 0.25) is 0 Å². The van der Waals surface area contributed by atoms with Crippen molar-refractivity contribution in [2.24, 2.45) is 0 Å². The number of aromatic nitrogens is 2. The van der Waals surface area contributed by atoms with Gasteiger partial charge in [-0.3, -0.25) is 9.69 Å². The van der Waals surface area contributed by atoms with Crippen molar-refractivity contribution >= 4 is 17.2 Å². The summed E-state index contributed by atoms with van der Waals surface area (Å²) in [6, 6.07) is 24.0. The van der Waals surface area contributed by atoms with Gasteiger partial charge in [-0.25, -0.2) is 9.97 Å². The van der Waals surface area contributed by atoms with Gasteiger partial charge < -0.3 is 9.64 Å². The highest BCUT2D eigenvalue weighted by molar-refractivity contribution is 7.13. The highest BCUT2D eigenvalue weighted by Crippen LogP contribution is 2.25. The number of nitrogens with zero attached hydrogens (tertiary/aromatic N) is 4. The summed E-state index contributed by atoms with van der Waals surface area (Å²) in [6.45, 7) is 4.17. The number of carbonyl (C=O) groups excluding carboxylic acids is 1. The molecule has 3 heterocycles. The molecule has 172 valence electrons. The molecule has 0 radical (unpaired) electrons. The molecule has 0 bridgehead atoms. The number of thiophene rings is 1. The number of ether oxygens (including phenoxy) is 1. The first kappa shape index (κ1) is 22.3. The first-order chi connectivity index (χ1) is 16.7. The number of amides is 1. The summed E-state index contributed by atoms with van der Waals surface area (Å²) < 4.78 is 5.77. The van der Waals surface area contributed by atoms with Crippen molar-refractivity contribution in [1.82, 2.24) is 19.8 Å². The summed E-state index contributed by atoms with van der Waals surface area (Å²) in [5, 5.41) is 2.04. The number of benzene rings is 2. The minimum atomic E-state index is 0.0235. The smallest absolute Gasteiger partial charge is 0.260 e. The fourth-order valence-corrected chi connectivity index (χ4v) is 4.69. The second-order valence-corrected chi connectivity index (χ2v) is 9.15. The average Bonchev–Trinajstić information content (AvgIpc) is 3.44. The van der Waals surface area contributed by atoms with Crippen LogP contribution in [0.3, 0.4) is 0 Å². The molecule has 1 amide bonds. The largest absolute Gasteiger partial charge is 0.484 e. The number of hydrogen-bond acceptors (Lipinski definition) is 6. The minimum Gasteiger partial charge on any atom is -0.484 e. The lowest BCUT2D eigenvalue weighted by molar-refractivity contribution is -0.135. The van der Waals surface area contributed by atoms with E-state index in [0.717, 1.165) is 48.9 Å². The zero-order valence-corrected chi connectivity index (χ0v) is 19.7. The van der Waals surface area contributed by atoms with E-state index in [9.17, 15) is 4.79 Å². The van der Waals surface area contributed by atoms with Crippen LogP contribution in [-0.2, 0) is 11.3 Å². The Morgan fingerprint density at radius 1 is 0.912 bits per heavy atom. The SMILES string of the molecule is O=C(COc1ccc(-c2nccc(-c3cccs3)n2)cc1)N1CCN(Cc2ccccc2)CC1. The molecule has 1 fully saturated rings. The van der Waals surface area contributed by atoms with Gasteiger partial charge in [0.05, 0.1) is 10.6 Å². The Balaban J connectivity index is 1.11. The van der Waals surface area contributed by atoms with Gasteiger partial charge in [-0.15, -0.1) is 11.3 Å². The summed E-state index contributed by atoms with van der Waals surface area (Å²) in [6.07, 6.45) is 1.78. The van der Waals surface area contributed by atoms with E-state index in [0.29, 0.717) is 11.6 Å². The van der Waals surface area contributed by atoms with Crippen LogP contribution < -0.4 is 4.74 Å². The molecule has 0 aliphatic carbocycles. The van der Waals surface area contributed by atoms with Crippen molar-refractivity contribution < 1.29 is 9.53 Å². The molecule has 5 rings (SSSR count). The summed E-state index contributed by atoms with van der Waals surface area (Å²) in [5.41, 5.74) is 3.12. The molecule has 7 heteroatoms. The van der Waals surface area contributed by atoms with Gasteiger partial charge in [0.25, 0.3) is 5.91 Å². The number of hydrogen-bond donors (Lipinski definition) is 0. The molecular formula is C27H26N4O2S. The lowest BCUT2D eigenvalue weighted by Crippen LogP contribution is -2.49. The number of piperazine rings is 1. The molecule has 1 aliphatic heterocycles. The van der Waals surface area contributed by atoms with E-state index >= 15 is 0 Å². The van der Waals surface area contributed by atoms with Crippen LogP contribution in [0.5, 0.6) is 5.75 Å². The van der Waals surface area contributed by atoms with Crippen molar-refractivity contribution in [3.63, 3.8) is 0 Å². The fraction of sp³-hybridized carbons (Fsp3) is 0.222. The van der Waals surface area contributed by atoms with Crippen LogP contribution in [0.4, 0.5) is 0 Å². The zero-order chi connectivity index (χ0) is 23.2. The molecule has 1 saturated heterocycles. The predicted octanol–water partition coefficient (Wildman–Crippen LogP) is 4.60. The third kappa shape index (κ3) is 5.50. The lowest BCUT2D eigenvalue weighted by Gasteiger charge is -2.34. The van der Waals surface area contributed by atoms with E-state index in [1.54, 1.807) is 17.5 Å². The summed E-state index contributed by atoms with van der Waals surface area (Å²) in [7, 11) is 0. The summed E-state index contributed by atoms with van der Waals surface area (Å²) in [4.78, 5) is 27.1. The second-order valence-electron chi connectivity index (χ2n) is 8.20. The second kappa shape index (κ2) is 10.6. The van der Waals surface area contributed by atoms with E-state index in [1.165, 1.54) is 5.56 Å². The molecule has 0 spiro atoms. The van der Waals surface area contributed by atoms with Crippen LogP contribution in [0, 0.1) is 0 Å². The van der Waals surface area contributed by atoms with Gasteiger partial charge in [0.2, 0.25) is 0 Å². The van der Waals surface area contributed by atoms with E-state index in [-0.39, 0.29) is 12.5 Å². The third-order valence-corrected chi connectivity index (χ3v) is 6.77. The Morgan fingerprint density at radius 3 is 2.44 bits per heavy atom. The normalized spacial score (nSPS) is 14.2.